The van der Waals surface area contributed by atoms with Crippen LogP contribution in [0.15, 0.2) is 0 Å². The molecule has 0 aliphatic carbocycles. The van der Waals surface area contributed by atoms with E-state index in [0.717, 1.165) is 30.2 Å². The molecule has 1 aliphatic rings. The maximum absolute atomic E-state index is 6.07. The first kappa shape index (κ1) is 12.2. The zero-order chi connectivity index (χ0) is 12.4. The van der Waals surface area contributed by atoms with E-state index in [0.29, 0.717) is 6.04 Å². The van der Waals surface area contributed by atoms with Crippen LogP contribution in [0, 0.1) is 0 Å². The van der Waals surface area contributed by atoms with Gasteiger partial charge >= 0.3 is 0 Å². The topological polar surface area (TPSA) is 59.1 Å². The van der Waals surface area contributed by atoms with Crippen molar-refractivity contribution in [2.24, 2.45) is 7.05 Å². The lowest BCUT2D eigenvalue weighted by Gasteiger charge is -2.20. The van der Waals surface area contributed by atoms with Crippen LogP contribution in [0.2, 0.25) is 0 Å². The summed E-state index contributed by atoms with van der Waals surface area (Å²) in [5, 5.41) is 7.85. The third kappa shape index (κ3) is 2.39. The van der Waals surface area contributed by atoms with Gasteiger partial charge in [-0.25, -0.2) is 0 Å². The Bertz CT molecular complexity index is 384. The second-order valence-electron chi connectivity index (χ2n) is 4.84. The Morgan fingerprint density at radius 2 is 2.24 bits per heavy atom. The molecule has 0 saturated carbocycles. The Labute approximate surface area is 103 Å². The molecule has 96 valence electrons. The summed E-state index contributed by atoms with van der Waals surface area (Å²) in [7, 11) is 4.12. The molecule has 0 amide bonds. The molecule has 0 aromatic carbocycles. The summed E-state index contributed by atoms with van der Waals surface area (Å²) in [6, 6.07) is 0.620. The van der Waals surface area contributed by atoms with Crippen molar-refractivity contribution in [2.75, 3.05) is 31.2 Å². The molecule has 1 aliphatic heterocycles. The summed E-state index contributed by atoms with van der Waals surface area (Å²) in [6.07, 6.45) is 3.44. The number of hydrogen-bond donors (Lipinski definition) is 2. The van der Waals surface area contributed by atoms with Gasteiger partial charge in [-0.1, -0.05) is 6.92 Å². The maximum atomic E-state index is 6.07. The second kappa shape index (κ2) is 4.96. The highest BCUT2D eigenvalue weighted by atomic mass is 15.3. The van der Waals surface area contributed by atoms with Crippen LogP contribution < -0.4 is 11.1 Å². The lowest BCUT2D eigenvalue weighted by Crippen LogP contribution is -2.32. The molecule has 3 N–H and O–H groups in total. The minimum atomic E-state index is 0.620. The van der Waals surface area contributed by atoms with Gasteiger partial charge in [0, 0.05) is 19.6 Å². The van der Waals surface area contributed by atoms with E-state index in [4.69, 9.17) is 5.73 Å². The molecule has 1 aromatic heterocycles. The monoisotopic (exact) mass is 237 g/mol. The number of rotatable bonds is 4. The Balaban J connectivity index is 2.01. The Kier molecular flexibility index (Phi) is 3.57. The van der Waals surface area contributed by atoms with Gasteiger partial charge in [0.15, 0.2) is 0 Å². The molecule has 1 saturated heterocycles. The molecule has 0 bridgehead atoms. The van der Waals surface area contributed by atoms with Crippen molar-refractivity contribution in [2.45, 2.75) is 32.2 Å². The molecule has 1 aromatic rings. The Morgan fingerprint density at radius 1 is 1.47 bits per heavy atom. The molecule has 2 rings (SSSR count). The number of nitrogens with two attached hydrogens (primary N) is 1. The van der Waals surface area contributed by atoms with Crippen molar-refractivity contribution >= 4 is 11.5 Å². The summed E-state index contributed by atoms with van der Waals surface area (Å²) in [5.41, 5.74) is 7.86. The molecule has 5 heteroatoms. The first-order valence-electron chi connectivity index (χ1n) is 6.39. The van der Waals surface area contributed by atoms with Gasteiger partial charge in [0.1, 0.15) is 5.82 Å². The molecule has 2 heterocycles. The standard InChI is InChI=1S/C12H23N5/c1-4-10-11(13)12(17(3)15-10)14-8-9-6-5-7-16(9)2/h9,14H,4-8,13H2,1-3H3. The highest BCUT2D eigenvalue weighted by Crippen LogP contribution is 2.23. The zero-order valence-electron chi connectivity index (χ0n) is 11.0. The number of likely N-dealkylation sites (tertiary alicyclic amines) is 1. The first-order valence-corrected chi connectivity index (χ1v) is 6.39. The quantitative estimate of drug-likeness (QED) is 0.822. The molecular formula is C12H23N5. The van der Waals surface area contributed by atoms with Crippen LogP contribution in [-0.4, -0.2) is 40.9 Å². The summed E-state index contributed by atoms with van der Waals surface area (Å²) < 4.78 is 1.85. The smallest absolute Gasteiger partial charge is 0.147 e. The van der Waals surface area contributed by atoms with E-state index in [2.05, 4.69) is 29.3 Å². The first-order chi connectivity index (χ1) is 8.13. The second-order valence-corrected chi connectivity index (χ2v) is 4.84. The van der Waals surface area contributed by atoms with E-state index in [1.807, 2.05) is 11.7 Å². The number of hydrogen-bond acceptors (Lipinski definition) is 4. The highest BCUT2D eigenvalue weighted by Gasteiger charge is 2.21. The van der Waals surface area contributed by atoms with Crippen molar-refractivity contribution in [1.29, 1.82) is 0 Å². The number of nitrogens with one attached hydrogen (secondary N) is 1. The maximum Gasteiger partial charge on any atom is 0.147 e. The van der Waals surface area contributed by atoms with E-state index in [1.54, 1.807) is 0 Å². The predicted octanol–water partition coefficient (Wildman–Crippen LogP) is 1.07. The van der Waals surface area contributed by atoms with Gasteiger partial charge in [-0.2, -0.15) is 5.10 Å². The number of anilines is 2. The lowest BCUT2D eigenvalue weighted by atomic mass is 10.2. The number of aryl methyl sites for hydroxylation is 2. The van der Waals surface area contributed by atoms with Crippen LogP contribution in [0.5, 0.6) is 0 Å². The Hall–Kier alpha value is -1.23. The Morgan fingerprint density at radius 3 is 2.76 bits per heavy atom. The fourth-order valence-corrected chi connectivity index (χ4v) is 2.52. The summed E-state index contributed by atoms with van der Waals surface area (Å²) in [4.78, 5) is 2.40. The summed E-state index contributed by atoms with van der Waals surface area (Å²) >= 11 is 0. The number of aromatic nitrogens is 2. The van der Waals surface area contributed by atoms with Gasteiger partial charge in [0.2, 0.25) is 0 Å². The van der Waals surface area contributed by atoms with E-state index in [-0.39, 0.29) is 0 Å². The van der Waals surface area contributed by atoms with Crippen LogP contribution in [-0.2, 0) is 13.5 Å². The summed E-state index contributed by atoms with van der Waals surface area (Å²) in [6.45, 7) is 4.23. The van der Waals surface area contributed by atoms with E-state index >= 15 is 0 Å². The molecule has 0 spiro atoms. The van der Waals surface area contributed by atoms with Crippen molar-refractivity contribution in [3.63, 3.8) is 0 Å². The molecule has 1 atom stereocenters. The molecule has 1 fully saturated rings. The SMILES string of the molecule is CCc1nn(C)c(NCC2CCCN2C)c1N. The van der Waals surface area contributed by atoms with Crippen LogP contribution in [0.4, 0.5) is 11.5 Å². The van der Waals surface area contributed by atoms with Crippen LogP contribution in [0.1, 0.15) is 25.5 Å². The number of nitrogen functional groups attached to an aromatic ring is 1. The van der Waals surface area contributed by atoms with Gasteiger partial charge in [0.05, 0.1) is 11.4 Å². The van der Waals surface area contributed by atoms with E-state index < -0.39 is 0 Å². The molecule has 0 radical (unpaired) electrons. The largest absolute Gasteiger partial charge is 0.394 e. The van der Waals surface area contributed by atoms with Gasteiger partial charge in [0.25, 0.3) is 0 Å². The van der Waals surface area contributed by atoms with Gasteiger partial charge in [-0.15, -0.1) is 0 Å². The van der Waals surface area contributed by atoms with Crippen molar-refractivity contribution in [1.82, 2.24) is 14.7 Å². The number of nitrogens with zero attached hydrogens (tertiary/aromatic N) is 3. The van der Waals surface area contributed by atoms with Crippen LogP contribution >= 0.6 is 0 Å². The average Bonchev–Trinajstić information content (AvgIpc) is 2.82. The molecule has 5 nitrogen and oxygen atoms in total. The summed E-state index contributed by atoms with van der Waals surface area (Å²) in [5.74, 6) is 0.960. The van der Waals surface area contributed by atoms with Gasteiger partial charge < -0.3 is 16.0 Å². The number of likely N-dealkylation sites (N-methyl/N-ethyl adjacent to an activating group) is 1. The zero-order valence-corrected chi connectivity index (χ0v) is 11.0. The van der Waals surface area contributed by atoms with Crippen molar-refractivity contribution in [3.05, 3.63) is 5.69 Å². The normalized spacial score (nSPS) is 21.0. The van der Waals surface area contributed by atoms with Gasteiger partial charge in [-0.05, 0) is 32.9 Å². The highest BCUT2D eigenvalue weighted by molar-refractivity contribution is 5.65. The van der Waals surface area contributed by atoms with Crippen LogP contribution in [0.3, 0.4) is 0 Å². The predicted molar refractivity (Wildman–Crippen MR) is 71.1 cm³/mol. The fraction of sp³-hybridized carbons (Fsp3) is 0.750. The van der Waals surface area contributed by atoms with Crippen LogP contribution in [0.25, 0.3) is 0 Å². The van der Waals surface area contributed by atoms with Gasteiger partial charge in [-0.3, -0.25) is 4.68 Å². The lowest BCUT2D eigenvalue weighted by molar-refractivity contribution is 0.322. The van der Waals surface area contributed by atoms with Crippen molar-refractivity contribution < 1.29 is 0 Å². The fourth-order valence-electron chi connectivity index (χ4n) is 2.52. The van der Waals surface area contributed by atoms with E-state index in [9.17, 15) is 0 Å². The molecule has 1 unspecified atom stereocenters. The third-order valence-corrected chi connectivity index (χ3v) is 3.67. The molecular weight excluding hydrogens is 214 g/mol. The van der Waals surface area contributed by atoms with Crippen molar-refractivity contribution in [3.8, 4) is 0 Å². The minimum Gasteiger partial charge on any atom is -0.394 e. The average molecular weight is 237 g/mol. The third-order valence-electron chi connectivity index (χ3n) is 3.67. The van der Waals surface area contributed by atoms with E-state index in [1.165, 1.54) is 19.4 Å². The molecule has 17 heavy (non-hydrogen) atoms. The minimum absolute atomic E-state index is 0.620.